The van der Waals surface area contributed by atoms with Crippen molar-refractivity contribution in [2.24, 2.45) is 18.2 Å². The molecule has 0 bridgehead atoms. The molecule has 10 heteroatoms. The van der Waals surface area contributed by atoms with E-state index in [9.17, 15) is 8.78 Å². The van der Waals surface area contributed by atoms with Crippen molar-refractivity contribution >= 4 is 11.3 Å². The summed E-state index contributed by atoms with van der Waals surface area (Å²) in [6.45, 7) is 5.61. The monoisotopic (exact) mass is 478 g/mol. The standard InChI is InChI=1S/C25H28F2N8/c1-14-21(17-13-30-33(3)15(17)2)35-20(6-9-29-35)24(31-14)34-10-7-25(8-11-34)12-19-16(22(25)28)4-5-18(32-19)23(26)27/h4-6,9,13,22-23H,7-8,10-12,28H2,1-3H3/t22-/m1/s1. The summed E-state index contributed by atoms with van der Waals surface area (Å²) in [5.74, 6) is 0.905. The second-order valence-electron chi connectivity index (χ2n) is 9.84. The Kier molecular flexibility index (Phi) is 4.93. The average Bonchev–Trinajstić information content (AvgIpc) is 3.52. The molecule has 182 valence electrons. The van der Waals surface area contributed by atoms with E-state index in [0.717, 1.165) is 71.2 Å². The van der Waals surface area contributed by atoms with Crippen molar-refractivity contribution in [3.63, 3.8) is 0 Å². The molecule has 8 nitrogen and oxygen atoms in total. The summed E-state index contributed by atoms with van der Waals surface area (Å²) in [4.78, 5) is 11.6. The summed E-state index contributed by atoms with van der Waals surface area (Å²) in [5, 5.41) is 9.01. The van der Waals surface area contributed by atoms with Crippen LogP contribution in [0.4, 0.5) is 14.6 Å². The number of halogens is 2. The molecule has 2 N–H and O–H groups in total. The van der Waals surface area contributed by atoms with E-state index in [1.165, 1.54) is 6.07 Å². The first-order chi connectivity index (χ1) is 16.8. The maximum absolute atomic E-state index is 13.2. The van der Waals surface area contributed by atoms with Gasteiger partial charge in [-0.3, -0.25) is 9.67 Å². The fourth-order valence-electron chi connectivity index (χ4n) is 5.85. The molecule has 1 aliphatic heterocycles. The normalized spacial score (nSPS) is 19.3. The number of aryl methyl sites for hydroxylation is 2. The molecule has 1 saturated heterocycles. The molecule has 1 spiro atoms. The number of hydrogen-bond donors (Lipinski definition) is 1. The van der Waals surface area contributed by atoms with Crippen LogP contribution in [0.2, 0.25) is 0 Å². The predicted molar refractivity (Wildman–Crippen MR) is 128 cm³/mol. The van der Waals surface area contributed by atoms with E-state index in [4.69, 9.17) is 10.7 Å². The molecule has 5 heterocycles. The third-order valence-corrected chi connectivity index (χ3v) is 8.02. The average molecular weight is 479 g/mol. The summed E-state index contributed by atoms with van der Waals surface area (Å²) in [6.07, 6.45) is 3.43. The molecule has 1 fully saturated rings. The molecule has 4 aromatic rings. The van der Waals surface area contributed by atoms with Crippen LogP contribution < -0.4 is 10.6 Å². The molecule has 0 saturated carbocycles. The molecule has 4 aromatic heterocycles. The molecule has 35 heavy (non-hydrogen) atoms. The van der Waals surface area contributed by atoms with Gasteiger partial charge in [0.1, 0.15) is 11.2 Å². The van der Waals surface area contributed by atoms with Crippen molar-refractivity contribution in [3.8, 4) is 11.3 Å². The largest absolute Gasteiger partial charge is 0.355 e. The van der Waals surface area contributed by atoms with Crippen molar-refractivity contribution in [2.45, 2.75) is 45.6 Å². The van der Waals surface area contributed by atoms with Gasteiger partial charge in [-0.25, -0.2) is 18.3 Å². The van der Waals surface area contributed by atoms with E-state index in [-0.39, 0.29) is 17.2 Å². The summed E-state index contributed by atoms with van der Waals surface area (Å²) in [6, 6.07) is 4.95. The third-order valence-electron chi connectivity index (χ3n) is 8.02. The Morgan fingerprint density at radius 3 is 2.54 bits per heavy atom. The van der Waals surface area contributed by atoms with Crippen LogP contribution in [-0.4, -0.2) is 42.5 Å². The first-order valence-electron chi connectivity index (χ1n) is 11.9. The van der Waals surface area contributed by atoms with Gasteiger partial charge in [0.05, 0.1) is 23.8 Å². The first kappa shape index (κ1) is 22.1. The van der Waals surface area contributed by atoms with Gasteiger partial charge in [-0.2, -0.15) is 10.2 Å². The lowest BCUT2D eigenvalue weighted by atomic mass is 9.73. The van der Waals surface area contributed by atoms with Crippen LogP contribution >= 0.6 is 0 Å². The van der Waals surface area contributed by atoms with Crippen molar-refractivity contribution in [1.82, 2.24) is 29.4 Å². The number of alkyl halides is 2. The maximum atomic E-state index is 13.2. The molecule has 2 aliphatic rings. The second kappa shape index (κ2) is 7.81. The van der Waals surface area contributed by atoms with Gasteiger partial charge >= 0.3 is 0 Å². The van der Waals surface area contributed by atoms with Crippen molar-refractivity contribution in [2.75, 3.05) is 18.0 Å². The van der Waals surface area contributed by atoms with Gasteiger partial charge in [-0.15, -0.1) is 0 Å². The number of hydrogen-bond acceptors (Lipinski definition) is 6. The van der Waals surface area contributed by atoms with E-state index in [1.807, 2.05) is 42.4 Å². The Balaban J connectivity index is 1.30. The molecule has 6 rings (SSSR count). The summed E-state index contributed by atoms with van der Waals surface area (Å²) in [7, 11) is 1.93. The lowest BCUT2D eigenvalue weighted by Gasteiger charge is -2.42. The highest BCUT2D eigenvalue weighted by atomic mass is 19.3. The van der Waals surface area contributed by atoms with E-state index in [1.54, 1.807) is 12.3 Å². The van der Waals surface area contributed by atoms with E-state index >= 15 is 0 Å². The molecule has 0 amide bonds. The van der Waals surface area contributed by atoms with E-state index in [0.29, 0.717) is 6.42 Å². The molecule has 0 unspecified atom stereocenters. The minimum atomic E-state index is -2.57. The number of fused-ring (bicyclic) bond motifs is 2. The predicted octanol–water partition coefficient (Wildman–Crippen LogP) is 3.92. The molecule has 1 aliphatic carbocycles. The van der Waals surface area contributed by atoms with Crippen LogP contribution in [0.5, 0.6) is 0 Å². The van der Waals surface area contributed by atoms with Gasteiger partial charge in [0.15, 0.2) is 5.82 Å². The first-order valence-corrected chi connectivity index (χ1v) is 11.9. The SMILES string of the molecule is Cc1nc(N2CCC3(CC2)Cc2nc(C(F)F)ccc2[C@H]3N)c2ccnn2c1-c1cnn(C)c1C. The zero-order valence-electron chi connectivity index (χ0n) is 20.0. The number of nitrogens with two attached hydrogens (primary N) is 1. The van der Waals surface area contributed by atoms with Gasteiger partial charge in [0.2, 0.25) is 0 Å². The molecule has 0 radical (unpaired) electrons. The maximum Gasteiger partial charge on any atom is 0.280 e. The van der Waals surface area contributed by atoms with Gasteiger partial charge in [-0.1, -0.05) is 6.07 Å². The third kappa shape index (κ3) is 3.26. The fraction of sp³-hybridized carbons (Fsp3) is 0.440. The lowest BCUT2D eigenvalue weighted by Crippen LogP contribution is -2.44. The van der Waals surface area contributed by atoms with Crippen LogP contribution in [0.3, 0.4) is 0 Å². The number of piperidine rings is 1. The summed E-state index contributed by atoms with van der Waals surface area (Å²) < 4.78 is 30.2. The van der Waals surface area contributed by atoms with Gasteiger partial charge in [0, 0.05) is 43.1 Å². The van der Waals surface area contributed by atoms with Crippen molar-refractivity contribution < 1.29 is 8.78 Å². The minimum absolute atomic E-state index is 0.162. The highest BCUT2D eigenvalue weighted by Crippen LogP contribution is 2.51. The molecular formula is C25H28F2N8. The number of rotatable bonds is 3. The second-order valence-corrected chi connectivity index (χ2v) is 9.84. The van der Waals surface area contributed by atoms with Crippen LogP contribution in [0.1, 0.15) is 53.6 Å². The lowest BCUT2D eigenvalue weighted by molar-refractivity contribution is 0.145. The quantitative estimate of drug-likeness (QED) is 0.480. The smallest absolute Gasteiger partial charge is 0.280 e. The fourth-order valence-corrected chi connectivity index (χ4v) is 5.85. The Morgan fingerprint density at radius 2 is 1.86 bits per heavy atom. The highest BCUT2D eigenvalue weighted by Gasteiger charge is 2.47. The molecular weight excluding hydrogens is 450 g/mol. The van der Waals surface area contributed by atoms with Crippen LogP contribution in [0.25, 0.3) is 16.8 Å². The minimum Gasteiger partial charge on any atom is -0.355 e. The number of nitrogens with zero attached hydrogens (tertiary/aromatic N) is 7. The van der Waals surface area contributed by atoms with E-state index < -0.39 is 6.43 Å². The van der Waals surface area contributed by atoms with E-state index in [2.05, 4.69) is 20.1 Å². The number of aromatic nitrogens is 6. The highest BCUT2D eigenvalue weighted by molar-refractivity contribution is 5.76. The Labute approximate surface area is 201 Å². The molecule has 1 atom stereocenters. The van der Waals surface area contributed by atoms with Crippen molar-refractivity contribution in [1.29, 1.82) is 0 Å². The van der Waals surface area contributed by atoms with Gasteiger partial charge in [-0.05, 0) is 56.2 Å². The van der Waals surface area contributed by atoms with Crippen LogP contribution in [0, 0.1) is 19.3 Å². The van der Waals surface area contributed by atoms with Gasteiger partial charge < -0.3 is 10.6 Å². The van der Waals surface area contributed by atoms with Crippen LogP contribution in [-0.2, 0) is 13.5 Å². The topological polar surface area (TPSA) is 90.2 Å². The summed E-state index contributed by atoms with van der Waals surface area (Å²) >= 11 is 0. The Hall–Kier alpha value is -3.40. The number of pyridine rings is 1. The summed E-state index contributed by atoms with van der Waals surface area (Å²) in [5.41, 5.74) is 12.8. The van der Waals surface area contributed by atoms with Gasteiger partial charge in [0.25, 0.3) is 6.43 Å². The zero-order valence-corrected chi connectivity index (χ0v) is 20.0. The number of anilines is 1. The van der Waals surface area contributed by atoms with Crippen LogP contribution in [0.15, 0.2) is 30.6 Å². The van der Waals surface area contributed by atoms with Crippen molar-refractivity contribution in [3.05, 3.63) is 58.9 Å². The molecule has 0 aromatic carbocycles. The zero-order chi connectivity index (χ0) is 24.5. The Morgan fingerprint density at radius 1 is 1.09 bits per heavy atom. The Bertz CT molecular complexity index is 1430.